The van der Waals surface area contributed by atoms with E-state index in [0.717, 1.165) is 45.3 Å². The first-order chi connectivity index (χ1) is 22.7. The molecule has 0 amide bonds. The molecule has 0 fully saturated rings. The maximum absolute atomic E-state index is 5.10. The molecule has 2 aliphatic rings. The van der Waals surface area contributed by atoms with Gasteiger partial charge in [0.2, 0.25) is 0 Å². The van der Waals surface area contributed by atoms with Gasteiger partial charge in [-0.2, -0.15) is 0 Å². The Bertz CT molecular complexity index is 2030. The van der Waals surface area contributed by atoms with Gasteiger partial charge in [0.25, 0.3) is 0 Å². The Morgan fingerprint density at radius 1 is 0.522 bits per heavy atom. The average Bonchev–Trinajstić information content (AvgIpc) is 3.48. The molecule has 0 aromatic heterocycles. The van der Waals surface area contributed by atoms with E-state index >= 15 is 0 Å². The predicted octanol–water partition coefficient (Wildman–Crippen LogP) is 9.43. The minimum Gasteiger partial charge on any atom is -0.363 e. The molecule has 0 saturated heterocycles. The van der Waals surface area contributed by atoms with Crippen molar-refractivity contribution in [3.63, 3.8) is 0 Å². The number of nitrogens with zero attached hydrogens (tertiary/aromatic N) is 3. The molecular weight excluding hydrogens is 562 g/mol. The summed E-state index contributed by atoms with van der Waals surface area (Å²) >= 11 is 0. The molecule has 0 spiro atoms. The number of para-hydroxylation sites is 2. The lowest BCUT2D eigenvalue weighted by Gasteiger charge is -2.25. The predicted molar refractivity (Wildman–Crippen MR) is 191 cm³/mol. The van der Waals surface area contributed by atoms with Gasteiger partial charge >= 0.3 is 0 Å². The van der Waals surface area contributed by atoms with E-state index < -0.39 is 0 Å². The summed E-state index contributed by atoms with van der Waals surface area (Å²) in [7, 11) is 0. The second kappa shape index (κ2) is 11.9. The molecule has 8 rings (SSSR count). The van der Waals surface area contributed by atoms with Gasteiger partial charge in [0.05, 0.1) is 11.4 Å². The first-order valence-corrected chi connectivity index (χ1v) is 15.7. The molecule has 1 unspecified atom stereocenters. The fourth-order valence-electron chi connectivity index (χ4n) is 6.43. The Morgan fingerprint density at radius 3 is 1.74 bits per heavy atom. The molecule has 2 aliphatic heterocycles. The number of benzene rings is 6. The van der Waals surface area contributed by atoms with Crippen LogP contribution in [-0.4, -0.2) is 17.8 Å². The lowest BCUT2D eigenvalue weighted by molar-refractivity contribution is 0.756. The normalized spacial score (nSPS) is 15.8. The van der Waals surface area contributed by atoms with Gasteiger partial charge in [-0.25, -0.2) is 9.98 Å². The van der Waals surface area contributed by atoms with E-state index in [4.69, 9.17) is 9.98 Å². The SMILES string of the molecule is CC1Nc2ccccc2N1c1cccc(-c2ccccc2-c2cccc(C3N=C(c4ccccc4)NC(c4ccccc4)=N3)c2)c1. The van der Waals surface area contributed by atoms with Crippen molar-refractivity contribution in [1.29, 1.82) is 0 Å². The van der Waals surface area contributed by atoms with E-state index in [1.54, 1.807) is 0 Å². The van der Waals surface area contributed by atoms with Crippen LogP contribution in [0.15, 0.2) is 168 Å². The molecular formula is C41H33N5. The van der Waals surface area contributed by atoms with Crippen molar-refractivity contribution in [2.45, 2.75) is 19.3 Å². The minimum atomic E-state index is -0.383. The second-order valence-corrected chi connectivity index (χ2v) is 11.6. The highest BCUT2D eigenvalue weighted by molar-refractivity contribution is 6.15. The molecule has 46 heavy (non-hydrogen) atoms. The summed E-state index contributed by atoms with van der Waals surface area (Å²) in [5.74, 6) is 1.63. The summed E-state index contributed by atoms with van der Waals surface area (Å²) in [4.78, 5) is 12.6. The molecule has 5 nitrogen and oxygen atoms in total. The van der Waals surface area contributed by atoms with Crippen molar-refractivity contribution in [3.8, 4) is 22.3 Å². The smallest absolute Gasteiger partial charge is 0.169 e. The third kappa shape index (κ3) is 5.22. The molecule has 1 atom stereocenters. The van der Waals surface area contributed by atoms with Gasteiger partial charge < -0.3 is 15.5 Å². The maximum atomic E-state index is 5.10. The van der Waals surface area contributed by atoms with Crippen LogP contribution in [0.25, 0.3) is 22.3 Å². The first kappa shape index (κ1) is 27.6. The molecule has 2 N–H and O–H groups in total. The molecule has 222 valence electrons. The van der Waals surface area contributed by atoms with E-state index in [2.05, 4.69) is 144 Å². The summed E-state index contributed by atoms with van der Waals surface area (Å²) in [6.45, 7) is 2.20. The number of amidine groups is 2. The number of nitrogens with one attached hydrogen (secondary N) is 2. The third-order valence-electron chi connectivity index (χ3n) is 8.61. The molecule has 6 aromatic carbocycles. The van der Waals surface area contributed by atoms with Gasteiger partial charge in [-0.05, 0) is 65.1 Å². The van der Waals surface area contributed by atoms with Crippen molar-refractivity contribution in [1.82, 2.24) is 5.32 Å². The highest BCUT2D eigenvalue weighted by atomic mass is 15.3. The number of rotatable bonds is 6. The van der Waals surface area contributed by atoms with E-state index in [9.17, 15) is 0 Å². The monoisotopic (exact) mass is 595 g/mol. The van der Waals surface area contributed by atoms with Gasteiger partial charge in [0, 0.05) is 16.8 Å². The van der Waals surface area contributed by atoms with Crippen LogP contribution in [0.2, 0.25) is 0 Å². The van der Waals surface area contributed by atoms with E-state index in [1.807, 2.05) is 36.4 Å². The Labute approximate surface area is 269 Å². The molecule has 0 bridgehead atoms. The van der Waals surface area contributed by atoms with Gasteiger partial charge in [-0.1, -0.05) is 127 Å². The molecule has 0 saturated carbocycles. The summed E-state index contributed by atoms with van der Waals surface area (Å²) in [5.41, 5.74) is 11.3. The van der Waals surface area contributed by atoms with Crippen molar-refractivity contribution < 1.29 is 0 Å². The van der Waals surface area contributed by atoms with E-state index in [0.29, 0.717) is 0 Å². The summed E-state index contributed by atoms with van der Waals surface area (Å²) in [6.07, 6.45) is -0.224. The number of hydrogen-bond acceptors (Lipinski definition) is 5. The van der Waals surface area contributed by atoms with Gasteiger partial charge in [0.15, 0.2) is 6.17 Å². The molecule has 6 aromatic rings. The molecule has 0 aliphatic carbocycles. The number of hydrogen-bond donors (Lipinski definition) is 2. The Hall–Kier alpha value is -5.94. The highest BCUT2D eigenvalue weighted by Crippen LogP contribution is 2.42. The fourth-order valence-corrected chi connectivity index (χ4v) is 6.43. The van der Waals surface area contributed by atoms with Crippen LogP contribution in [0.1, 0.15) is 29.8 Å². The van der Waals surface area contributed by atoms with Crippen LogP contribution in [0.3, 0.4) is 0 Å². The molecule has 0 radical (unpaired) electrons. The van der Waals surface area contributed by atoms with Crippen LogP contribution in [-0.2, 0) is 0 Å². The van der Waals surface area contributed by atoms with Crippen LogP contribution in [0, 0.1) is 0 Å². The van der Waals surface area contributed by atoms with Crippen molar-refractivity contribution in [2.75, 3.05) is 10.2 Å². The standard InChI is InChI=1S/C41H33N5/c1-28-42-37-24-10-11-25-38(37)46(28)34-21-13-19-32(27-34)36-23-9-8-22-35(36)31-18-12-20-33(26-31)41-44-39(29-14-4-2-5-15-29)43-40(45-41)30-16-6-3-7-17-30/h2-28,41-42H,1H3,(H,43,44,45). The van der Waals surface area contributed by atoms with E-state index in [1.165, 1.54) is 22.4 Å². The molecule has 2 heterocycles. The topological polar surface area (TPSA) is 52.0 Å². The van der Waals surface area contributed by atoms with Crippen LogP contribution < -0.4 is 15.5 Å². The number of aliphatic imine (C=N–C) groups is 2. The van der Waals surface area contributed by atoms with Gasteiger partial charge in [-0.3, -0.25) is 0 Å². The highest BCUT2D eigenvalue weighted by Gasteiger charge is 2.26. The van der Waals surface area contributed by atoms with Crippen molar-refractivity contribution in [2.24, 2.45) is 9.98 Å². The van der Waals surface area contributed by atoms with E-state index in [-0.39, 0.29) is 12.3 Å². The van der Waals surface area contributed by atoms with Crippen LogP contribution in [0.4, 0.5) is 17.1 Å². The number of anilines is 3. The summed E-state index contributed by atoms with van der Waals surface area (Å²) < 4.78 is 0. The Morgan fingerprint density at radius 2 is 1.07 bits per heavy atom. The van der Waals surface area contributed by atoms with Crippen molar-refractivity contribution >= 4 is 28.7 Å². The lowest BCUT2D eigenvalue weighted by Crippen LogP contribution is -2.35. The zero-order valence-corrected chi connectivity index (χ0v) is 25.5. The minimum absolute atomic E-state index is 0.159. The maximum Gasteiger partial charge on any atom is 0.169 e. The fraction of sp³-hybridized carbons (Fsp3) is 0.0732. The summed E-state index contributed by atoms with van der Waals surface area (Å²) in [6, 6.07) is 55.1. The zero-order chi connectivity index (χ0) is 30.9. The largest absolute Gasteiger partial charge is 0.363 e. The van der Waals surface area contributed by atoms with Crippen LogP contribution in [0.5, 0.6) is 0 Å². The Kier molecular flexibility index (Phi) is 7.12. The zero-order valence-electron chi connectivity index (χ0n) is 25.5. The first-order valence-electron chi connectivity index (χ1n) is 15.7. The lowest BCUT2D eigenvalue weighted by atomic mass is 9.93. The number of fused-ring (bicyclic) bond motifs is 1. The van der Waals surface area contributed by atoms with Gasteiger partial charge in [-0.15, -0.1) is 0 Å². The third-order valence-corrected chi connectivity index (χ3v) is 8.61. The van der Waals surface area contributed by atoms with Gasteiger partial charge in [0.1, 0.15) is 17.8 Å². The second-order valence-electron chi connectivity index (χ2n) is 11.6. The quantitative estimate of drug-likeness (QED) is 0.202. The average molecular weight is 596 g/mol. The summed E-state index contributed by atoms with van der Waals surface area (Å²) in [5, 5.41) is 7.10. The Balaban J connectivity index is 1.18. The molecule has 5 heteroatoms. The van der Waals surface area contributed by atoms with Crippen molar-refractivity contribution in [3.05, 3.63) is 174 Å². The van der Waals surface area contributed by atoms with Crippen LogP contribution >= 0.6 is 0 Å².